The first-order chi connectivity index (χ1) is 8.70. The molecule has 1 aromatic carbocycles. The number of carbonyl (C=O) groups is 2. The van der Waals surface area contributed by atoms with Crippen molar-refractivity contribution < 1.29 is 9.59 Å². The van der Waals surface area contributed by atoms with Crippen molar-refractivity contribution in [1.82, 2.24) is 5.32 Å². The van der Waals surface area contributed by atoms with Crippen molar-refractivity contribution in [2.75, 3.05) is 23.3 Å². The van der Waals surface area contributed by atoms with E-state index in [1.165, 1.54) is 0 Å². The minimum atomic E-state index is -0.361. The summed E-state index contributed by atoms with van der Waals surface area (Å²) < 4.78 is 0. The molecule has 1 aromatic rings. The minimum absolute atomic E-state index is 0.143. The smallest absolute Gasteiger partial charge is 0.321 e. The number of anilines is 2. The Labute approximate surface area is 104 Å². The SMILES string of the molecule is N#CCC(=O)Nc1cccc(N2CCNC2=O)c1. The molecule has 3 amide bonds. The molecule has 1 aliphatic heterocycles. The average Bonchev–Trinajstić information content (AvgIpc) is 2.76. The first kappa shape index (κ1) is 11.9. The van der Waals surface area contributed by atoms with Crippen LogP contribution in [-0.2, 0) is 4.79 Å². The van der Waals surface area contributed by atoms with Gasteiger partial charge in [0.05, 0.1) is 6.07 Å². The standard InChI is InChI=1S/C12H12N4O2/c13-5-4-11(17)15-9-2-1-3-10(8-9)16-7-6-14-12(16)18/h1-3,8H,4,6-7H2,(H,14,18)(H,15,17). The highest BCUT2D eigenvalue weighted by Crippen LogP contribution is 2.20. The molecule has 0 atom stereocenters. The Morgan fingerprint density at radius 1 is 1.56 bits per heavy atom. The number of hydrogen-bond acceptors (Lipinski definition) is 3. The van der Waals surface area contributed by atoms with Crippen molar-refractivity contribution >= 4 is 23.3 Å². The molecule has 0 aromatic heterocycles. The molecule has 6 heteroatoms. The van der Waals surface area contributed by atoms with E-state index in [4.69, 9.17) is 5.26 Å². The zero-order valence-corrected chi connectivity index (χ0v) is 9.64. The molecule has 2 rings (SSSR count). The molecular formula is C12H12N4O2. The Morgan fingerprint density at radius 2 is 2.39 bits per heavy atom. The van der Waals surface area contributed by atoms with Gasteiger partial charge in [-0.25, -0.2) is 4.79 Å². The van der Waals surface area contributed by atoms with E-state index in [1.807, 2.05) is 0 Å². The molecule has 92 valence electrons. The molecule has 0 bridgehead atoms. The van der Waals surface area contributed by atoms with Crippen molar-refractivity contribution in [3.63, 3.8) is 0 Å². The number of benzene rings is 1. The Bertz CT molecular complexity index is 521. The second-order valence-electron chi connectivity index (χ2n) is 3.82. The highest BCUT2D eigenvalue weighted by molar-refractivity contribution is 5.96. The van der Waals surface area contributed by atoms with Gasteiger partial charge in [-0.3, -0.25) is 9.69 Å². The molecule has 1 aliphatic rings. The highest BCUT2D eigenvalue weighted by Gasteiger charge is 2.21. The van der Waals surface area contributed by atoms with Gasteiger partial charge in [0.2, 0.25) is 5.91 Å². The third kappa shape index (κ3) is 2.58. The summed E-state index contributed by atoms with van der Waals surface area (Å²) in [6, 6.07) is 8.61. The maximum Gasteiger partial charge on any atom is 0.321 e. The minimum Gasteiger partial charge on any atom is -0.336 e. The fourth-order valence-corrected chi connectivity index (χ4v) is 1.75. The van der Waals surface area contributed by atoms with Gasteiger partial charge in [-0.15, -0.1) is 0 Å². The summed E-state index contributed by atoms with van der Waals surface area (Å²) in [5.41, 5.74) is 1.30. The van der Waals surface area contributed by atoms with Gasteiger partial charge in [0.1, 0.15) is 6.42 Å². The lowest BCUT2D eigenvalue weighted by Crippen LogP contribution is -2.27. The van der Waals surface area contributed by atoms with Crippen LogP contribution in [0.3, 0.4) is 0 Å². The van der Waals surface area contributed by atoms with Crippen LogP contribution in [0.15, 0.2) is 24.3 Å². The summed E-state index contributed by atoms with van der Waals surface area (Å²) in [5.74, 6) is -0.361. The Balaban J connectivity index is 2.12. The molecule has 18 heavy (non-hydrogen) atoms. The number of nitrogens with one attached hydrogen (secondary N) is 2. The van der Waals surface area contributed by atoms with E-state index < -0.39 is 0 Å². The summed E-state index contributed by atoms with van der Waals surface area (Å²) in [6.45, 7) is 1.22. The Morgan fingerprint density at radius 3 is 3.06 bits per heavy atom. The Kier molecular flexibility index (Phi) is 3.44. The number of hydrogen-bond donors (Lipinski definition) is 2. The lowest BCUT2D eigenvalue weighted by atomic mass is 10.2. The number of carbonyl (C=O) groups excluding carboxylic acids is 2. The lowest BCUT2D eigenvalue weighted by Gasteiger charge is -2.15. The first-order valence-corrected chi connectivity index (χ1v) is 5.53. The largest absolute Gasteiger partial charge is 0.336 e. The average molecular weight is 244 g/mol. The van der Waals surface area contributed by atoms with Crippen molar-refractivity contribution in [2.24, 2.45) is 0 Å². The molecule has 6 nitrogen and oxygen atoms in total. The number of nitriles is 1. The van der Waals surface area contributed by atoms with Gasteiger partial charge < -0.3 is 10.6 Å². The molecule has 1 heterocycles. The number of amides is 3. The zero-order chi connectivity index (χ0) is 13.0. The van der Waals surface area contributed by atoms with Crippen molar-refractivity contribution in [2.45, 2.75) is 6.42 Å². The van der Waals surface area contributed by atoms with Gasteiger partial charge in [0, 0.05) is 24.5 Å². The molecule has 1 saturated heterocycles. The van der Waals surface area contributed by atoms with Crippen molar-refractivity contribution in [1.29, 1.82) is 5.26 Å². The van der Waals surface area contributed by atoms with Crippen molar-refractivity contribution in [3.8, 4) is 6.07 Å². The highest BCUT2D eigenvalue weighted by atomic mass is 16.2. The summed E-state index contributed by atoms with van der Waals surface area (Å²) in [4.78, 5) is 24.4. The monoisotopic (exact) mass is 244 g/mol. The lowest BCUT2D eigenvalue weighted by molar-refractivity contribution is -0.115. The second kappa shape index (κ2) is 5.19. The van der Waals surface area contributed by atoms with Crippen LogP contribution in [0, 0.1) is 11.3 Å². The van der Waals surface area contributed by atoms with Crippen LogP contribution in [0.4, 0.5) is 16.2 Å². The summed E-state index contributed by atoms with van der Waals surface area (Å²) in [7, 11) is 0. The molecule has 0 radical (unpaired) electrons. The van der Waals surface area contributed by atoms with Crippen LogP contribution in [0.2, 0.25) is 0 Å². The molecule has 0 aliphatic carbocycles. The first-order valence-electron chi connectivity index (χ1n) is 5.53. The number of nitrogens with zero attached hydrogens (tertiary/aromatic N) is 2. The van der Waals surface area contributed by atoms with Gasteiger partial charge in [-0.1, -0.05) is 6.07 Å². The van der Waals surface area contributed by atoms with E-state index in [1.54, 1.807) is 35.2 Å². The second-order valence-corrected chi connectivity index (χ2v) is 3.82. The molecule has 0 saturated carbocycles. The van der Waals surface area contributed by atoms with Gasteiger partial charge in [0.25, 0.3) is 0 Å². The molecule has 0 spiro atoms. The van der Waals surface area contributed by atoms with Crippen LogP contribution in [0.25, 0.3) is 0 Å². The van der Waals surface area contributed by atoms with Crippen LogP contribution in [0.5, 0.6) is 0 Å². The predicted octanol–water partition coefficient (Wildman–Crippen LogP) is 1.07. The molecule has 0 unspecified atom stereocenters. The van der Waals surface area contributed by atoms with Gasteiger partial charge >= 0.3 is 6.03 Å². The summed E-state index contributed by atoms with van der Waals surface area (Å²) in [6.07, 6.45) is -0.186. The van der Waals surface area contributed by atoms with E-state index in [2.05, 4.69) is 10.6 Å². The predicted molar refractivity (Wildman–Crippen MR) is 66.0 cm³/mol. The Hall–Kier alpha value is -2.55. The normalized spacial score (nSPS) is 13.9. The fourth-order valence-electron chi connectivity index (χ4n) is 1.75. The molecule has 1 fully saturated rings. The van der Waals surface area contributed by atoms with Crippen LogP contribution in [-0.4, -0.2) is 25.0 Å². The topological polar surface area (TPSA) is 85.2 Å². The van der Waals surface area contributed by atoms with E-state index in [0.29, 0.717) is 18.8 Å². The number of rotatable bonds is 3. The maximum atomic E-state index is 11.5. The summed E-state index contributed by atoms with van der Waals surface area (Å²) >= 11 is 0. The zero-order valence-electron chi connectivity index (χ0n) is 9.64. The number of urea groups is 1. The fraction of sp³-hybridized carbons (Fsp3) is 0.250. The van der Waals surface area contributed by atoms with Crippen LogP contribution >= 0.6 is 0 Å². The van der Waals surface area contributed by atoms with Crippen molar-refractivity contribution in [3.05, 3.63) is 24.3 Å². The molecule has 2 N–H and O–H groups in total. The van der Waals surface area contributed by atoms with Crippen LogP contribution in [0.1, 0.15) is 6.42 Å². The molecular weight excluding hydrogens is 232 g/mol. The van der Waals surface area contributed by atoms with Gasteiger partial charge in [0.15, 0.2) is 0 Å². The van der Waals surface area contributed by atoms with Crippen LogP contribution < -0.4 is 15.5 Å². The quantitative estimate of drug-likeness (QED) is 0.833. The van der Waals surface area contributed by atoms with Gasteiger partial charge in [-0.05, 0) is 18.2 Å². The van der Waals surface area contributed by atoms with E-state index >= 15 is 0 Å². The van der Waals surface area contributed by atoms with E-state index in [9.17, 15) is 9.59 Å². The third-order valence-corrected chi connectivity index (χ3v) is 2.54. The van der Waals surface area contributed by atoms with E-state index in [-0.39, 0.29) is 18.4 Å². The third-order valence-electron chi connectivity index (χ3n) is 2.54. The maximum absolute atomic E-state index is 11.5. The van der Waals surface area contributed by atoms with Gasteiger partial charge in [-0.2, -0.15) is 5.26 Å². The van der Waals surface area contributed by atoms with E-state index in [0.717, 1.165) is 5.69 Å². The summed E-state index contributed by atoms with van der Waals surface area (Å²) in [5, 5.41) is 13.7.